The van der Waals surface area contributed by atoms with Crippen LogP contribution in [0.4, 0.5) is 5.69 Å². The van der Waals surface area contributed by atoms with Crippen molar-refractivity contribution < 1.29 is 22.4 Å². The lowest BCUT2D eigenvalue weighted by molar-refractivity contribution is 0.171. The van der Waals surface area contributed by atoms with Gasteiger partial charge in [-0.25, -0.2) is 8.42 Å². The van der Waals surface area contributed by atoms with E-state index in [-0.39, 0.29) is 10.6 Å². The number of hydrogen-bond acceptors (Lipinski definition) is 6. The van der Waals surface area contributed by atoms with Crippen molar-refractivity contribution in [2.24, 2.45) is 0 Å². The maximum absolute atomic E-state index is 12.1. The maximum Gasteiger partial charge on any atom is 0.262 e. The van der Waals surface area contributed by atoms with Gasteiger partial charge in [0.25, 0.3) is 10.0 Å². The Bertz CT molecular complexity index is 681. The van der Waals surface area contributed by atoms with Gasteiger partial charge in [-0.05, 0) is 12.1 Å². The zero-order chi connectivity index (χ0) is 13.3. The van der Waals surface area contributed by atoms with Crippen LogP contribution in [0.25, 0.3) is 0 Å². The van der Waals surface area contributed by atoms with E-state index < -0.39 is 10.0 Å². The summed E-state index contributed by atoms with van der Waals surface area (Å²) in [5.74, 6) is 0.953. The van der Waals surface area contributed by atoms with Crippen LogP contribution in [0.5, 0.6) is 11.5 Å². The topological polar surface area (TPSA) is 90.7 Å². The molecular weight excluding hydrogens is 272 g/mol. The van der Waals surface area contributed by atoms with Gasteiger partial charge in [-0.15, -0.1) is 0 Å². The van der Waals surface area contributed by atoms with Gasteiger partial charge in [0.15, 0.2) is 11.5 Å². The highest BCUT2D eigenvalue weighted by atomic mass is 32.2. The number of ether oxygens (including phenoxy) is 2. The van der Waals surface area contributed by atoms with Crippen LogP contribution in [0.1, 0.15) is 0 Å². The first-order chi connectivity index (χ1) is 9.15. The first kappa shape index (κ1) is 11.8. The standard InChI is InChI=1S/C11H10N2O5S/c14-19(15,13-8-6-12-18-7-8)9-1-2-10-11(5-9)17-4-3-16-10/h1-2,5-7,13H,3-4H2. The summed E-state index contributed by atoms with van der Waals surface area (Å²) >= 11 is 0. The van der Waals surface area contributed by atoms with Gasteiger partial charge in [-0.1, -0.05) is 5.16 Å². The van der Waals surface area contributed by atoms with Gasteiger partial charge in [0.05, 0.1) is 11.1 Å². The summed E-state index contributed by atoms with van der Waals surface area (Å²) in [6.45, 7) is 0.855. The quantitative estimate of drug-likeness (QED) is 0.911. The molecule has 0 saturated carbocycles. The van der Waals surface area contributed by atoms with E-state index in [1.165, 1.54) is 24.6 Å². The van der Waals surface area contributed by atoms with E-state index in [2.05, 4.69) is 14.4 Å². The van der Waals surface area contributed by atoms with E-state index in [1.807, 2.05) is 0 Å². The number of aromatic nitrogens is 1. The third-order valence-electron chi connectivity index (χ3n) is 2.51. The molecule has 7 nitrogen and oxygen atoms in total. The average molecular weight is 282 g/mol. The van der Waals surface area contributed by atoms with Gasteiger partial charge < -0.3 is 14.0 Å². The van der Waals surface area contributed by atoms with Crippen LogP contribution in [-0.2, 0) is 10.0 Å². The summed E-state index contributed by atoms with van der Waals surface area (Å²) in [6.07, 6.45) is 2.48. The van der Waals surface area contributed by atoms with Crippen molar-refractivity contribution in [2.45, 2.75) is 4.90 Å². The number of anilines is 1. The highest BCUT2D eigenvalue weighted by Gasteiger charge is 2.19. The van der Waals surface area contributed by atoms with Crippen LogP contribution in [0, 0.1) is 0 Å². The lowest BCUT2D eigenvalue weighted by Crippen LogP contribution is -2.17. The first-order valence-corrected chi connectivity index (χ1v) is 6.95. The molecule has 0 amide bonds. The number of fused-ring (bicyclic) bond motifs is 1. The van der Waals surface area contributed by atoms with Crippen molar-refractivity contribution in [3.63, 3.8) is 0 Å². The van der Waals surface area contributed by atoms with E-state index in [0.29, 0.717) is 24.7 Å². The molecule has 0 spiro atoms. The number of benzene rings is 1. The SMILES string of the molecule is O=S(=O)(Nc1cnoc1)c1ccc2c(c1)OCCO2. The van der Waals surface area contributed by atoms with Crippen molar-refractivity contribution in [1.29, 1.82) is 0 Å². The Morgan fingerprint density at radius 2 is 1.95 bits per heavy atom. The molecule has 19 heavy (non-hydrogen) atoms. The average Bonchev–Trinajstić information content (AvgIpc) is 2.90. The molecule has 3 rings (SSSR count). The number of sulfonamides is 1. The zero-order valence-corrected chi connectivity index (χ0v) is 10.5. The van der Waals surface area contributed by atoms with E-state index in [0.717, 1.165) is 0 Å². The highest BCUT2D eigenvalue weighted by Crippen LogP contribution is 2.32. The second-order valence-corrected chi connectivity index (χ2v) is 5.51. The maximum atomic E-state index is 12.1. The van der Waals surface area contributed by atoms with Crippen molar-refractivity contribution in [1.82, 2.24) is 5.16 Å². The fourth-order valence-electron chi connectivity index (χ4n) is 1.66. The number of hydrogen-bond donors (Lipinski definition) is 1. The third-order valence-corrected chi connectivity index (χ3v) is 3.89. The van der Waals surface area contributed by atoms with Gasteiger partial charge in [-0.3, -0.25) is 4.72 Å². The molecule has 8 heteroatoms. The molecule has 1 aromatic heterocycles. The highest BCUT2D eigenvalue weighted by molar-refractivity contribution is 7.92. The minimum Gasteiger partial charge on any atom is -0.486 e. The number of rotatable bonds is 3. The molecule has 1 N–H and O–H groups in total. The fraction of sp³-hybridized carbons (Fsp3) is 0.182. The summed E-state index contributed by atoms with van der Waals surface area (Å²) in [5.41, 5.74) is 0.259. The molecular formula is C11H10N2O5S. The van der Waals surface area contributed by atoms with Gasteiger partial charge in [0.2, 0.25) is 0 Å². The predicted octanol–water partition coefficient (Wildman–Crippen LogP) is 1.25. The second-order valence-electron chi connectivity index (χ2n) is 3.82. The molecule has 0 saturated heterocycles. The van der Waals surface area contributed by atoms with Crippen LogP contribution in [0.2, 0.25) is 0 Å². The summed E-state index contributed by atoms with van der Waals surface area (Å²) in [7, 11) is -3.70. The Morgan fingerprint density at radius 3 is 2.68 bits per heavy atom. The van der Waals surface area contributed by atoms with Crippen LogP contribution in [0.15, 0.2) is 40.1 Å². The Kier molecular flexibility index (Phi) is 2.79. The Labute approximate surface area is 109 Å². The normalized spacial score (nSPS) is 14.1. The van der Waals surface area contributed by atoms with E-state index in [1.54, 1.807) is 6.07 Å². The number of nitrogens with one attached hydrogen (secondary N) is 1. The van der Waals surface area contributed by atoms with Crippen molar-refractivity contribution >= 4 is 15.7 Å². The third kappa shape index (κ3) is 2.34. The Morgan fingerprint density at radius 1 is 1.16 bits per heavy atom. The van der Waals surface area contributed by atoms with Crippen LogP contribution in [0.3, 0.4) is 0 Å². The predicted molar refractivity (Wildman–Crippen MR) is 64.7 cm³/mol. The molecule has 1 aliphatic heterocycles. The molecule has 1 aromatic carbocycles. The Balaban J connectivity index is 1.93. The van der Waals surface area contributed by atoms with E-state index in [4.69, 9.17) is 9.47 Å². The monoisotopic (exact) mass is 282 g/mol. The molecule has 1 aliphatic rings. The van der Waals surface area contributed by atoms with Crippen LogP contribution < -0.4 is 14.2 Å². The molecule has 0 unspecified atom stereocenters. The molecule has 0 bridgehead atoms. The molecule has 2 heterocycles. The van der Waals surface area contributed by atoms with Crippen LogP contribution in [-0.4, -0.2) is 26.8 Å². The Hall–Kier alpha value is -2.22. The molecule has 2 aromatic rings. The van der Waals surface area contributed by atoms with Crippen molar-refractivity contribution in [3.8, 4) is 11.5 Å². The van der Waals surface area contributed by atoms with E-state index >= 15 is 0 Å². The molecule has 100 valence electrons. The smallest absolute Gasteiger partial charge is 0.262 e. The van der Waals surface area contributed by atoms with Gasteiger partial charge >= 0.3 is 0 Å². The first-order valence-electron chi connectivity index (χ1n) is 5.47. The molecule has 0 atom stereocenters. The largest absolute Gasteiger partial charge is 0.486 e. The second kappa shape index (κ2) is 4.47. The molecule has 0 aliphatic carbocycles. The minimum absolute atomic E-state index is 0.0814. The zero-order valence-electron chi connectivity index (χ0n) is 9.70. The summed E-state index contributed by atoms with van der Waals surface area (Å²) in [6, 6.07) is 4.43. The lowest BCUT2D eigenvalue weighted by Gasteiger charge is -2.18. The summed E-state index contributed by atoms with van der Waals surface area (Å²) in [4.78, 5) is 0.0814. The number of nitrogens with zero attached hydrogens (tertiary/aromatic N) is 1. The van der Waals surface area contributed by atoms with E-state index in [9.17, 15) is 8.42 Å². The van der Waals surface area contributed by atoms with Gasteiger partial charge in [0.1, 0.15) is 25.2 Å². The summed E-state index contributed by atoms with van der Waals surface area (Å²) < 4.78 is 41.8. The van der Waals surface area contributed by atoms with Gasteiger partial charge in [0, 0.05) is 6.07 Å². The molecule has 0 radical (unpaired) electrons. The van der Waals surface area contributed by atoms with Crippen molar-refractivity contribution in [2.75, 3.05) is 17.9 Å². The minimum atomic E-state index is -3.70. The summed E-state index contributed by atoms with van der Waals surface area (Å²) in [5, 5.41) is 3.42. The van der Waals surface area contributed by atoms with Gasteiger partial charge in [-0.2, -0.15) is 0 Å². The fourth-order valence-corrected chi connectivity index (χ4v) is 2.70. The van der Waals surface area contributed by atoms with Crippen LogP contribution >= 0.6 is 0 Å². The molecule has 0 fully saturated rings. The van der Waals surface area contributed by atoms with Crippen molar-refractivity contribution in [3.05, 3.63) is 30.7 Å². The lowest BCUT2D eigenvalue weighted by atomic mass is 10.3.